The van der Waals surface area contributed by atoms with Crippen molar-refractivity contribution >= 4 is 17.5 Å². The first-order chi connectivity index (χ1) is 16.0. The lowest BCUT2D eigenvalue weighted by molar-refractivity contribution is 0.0950. The first-order valence-corrected chi connectivity index (χ1v) is 9.97. The number of benzene rings is 2. The number of nitrogens with zero attached hydrogens (tertiary/aromatic N) is 3. The van der Waals surface area contributed by atoms with Crippen LogP contribution in [-0.2, 0) is 6.54 Å². The van der Waals surface area contributed by atoms with Gasteiger partial charge in [0.1, 0.15) is 41.1 Å². The highest BCUT2D eigenvalue weighted by Crippen LogP contribution is 2.28. The third-order valence-corrected chi connectivity index (χ3v) is 4.70. The normalized spacial score (nSPS) is 10.5. The number of hydrogen-bond donors (Lipinski definition) is 2. The minimum atomic E-state index is -0.697. The number of ether oxygens (including phenoxy) is 1. The average molecular weight is 447 g/mol. The zero-order chi connectivity index (χ0) is 23.2. The van der Waals surface area contributed by atoms with Gasteiger partial charge < -0.3 is 15.4 Å². The molecule has 2 N–H and O–H groups in total. The number of rotatable bonds is 7. The molecule has 0 aliphatic heterocycles. The van der Waals surface area contributed by atoms with Crippen molar-refractivity contribution in [3.05, 3.63) is 102 Å². The summed E-state index contributed by atoms with van der Waals surface area (Å²) in [6.07, 6.45) is 4.62. The van der Waals surface area contributed by atoms with Crippen molar-refractivity contribution < 1.29 is 18.3 Å². The van der Waals surface area contributed by atoms with Crippen LogP contribution in [0.1, 0.15) is 21.5 Å². The number of carbonyl (C=O) groups is 1. The zero-order valence-corrected chi connectivity index (χ0v) is 17.5. The maximum atomic E-state index is 13.4. The lowest BCUT2D eigenvalue weighted by Crippen LogP contribution is -2.23. The third-order valence-electron chi connectivity index (χ3n) is 4.70. The van der Waals surface area contributed by atoms with Gasteiger partial charge in [-0.15, -0.1) is 0 Å². The predicted molar refractivity (Wildman–Crippen MR) is 118 cm³/mol. The number of anilines is 2. The van der Waals surface area contributed by atoms with Gasteiger partial charge in [0.15, 0.2) is 0 Å². The molecule has 0 spiro atoms. The Morgan fingerprint density at radius 3 is 2.55 bits per heavy atom. The van der Waals surface area contributed by atoms with Crippen LogP contribution in [0, 0.1) is 18.6 Å². The molecule has 0 fully saturated rings. The lowest BCUT2D eigenvalue weighted by Gasteiger charge is -2.13. The molecule has 4 aromatic rings. The Hall–Kier alpha value is -4.40. The first kappa shape index (κ1) is 21.8. The van der Waals surface area contributed by atoms with Gasteiger partial charge in [-0.3, -0.25) is 4.79 Å². The minimum absolute atomic E-state index is 0.0134. The van der Waals surface area contributed by atoms with Crippen molar-refractivity contribution in [1.29, 1.82) is 0 Å². The van der Waals surface area contributed by atoms with Gasteiger partial charge in [0.2, 0.25) is 0 Å². The van der Waals surface area contributed by atoms with Crippen LogP contribution in [-0.4, -0.2) is 20.9 Å². The van der Waals surface area contributed by atoms with Crippen LogP contribution in [0.5, 0.6) is 11.5 Å². The molecule has 1 amide bonds. The molecule has 0 saturated carbocycles. The Labute approximate surface area is 188 Å². The number of hydrogen-bond acceptors (Lipinski definition) is 6. The highest BCUT2D eigenvalue weighted by atomic mass is 19.1. The summed E-state index contributed by atoms with van der Waals surface area (Å²) in [5, 5.41) is 5.73. The van der Waals surface area contributed by atoms with Gasteiger partial charge in [0.05, 0.1) is 0 Å². The van der Waals surface area contributed by atoms with E-state index in [2.05, 4.69) is 25.6 Å². The van der Waals surface area contributed by atoms with Gasteiger partial charge in [-0.2, -0.15) is 0 Å². The molecule has 0 saturated heterocycles. The molecule has 9 heteroatoms. The molecule has 0 bridgehead atoms. The molecule has 0 radical (unpaired) electrons. The van der Waals surface area contributed by atoms with Crippen molar-refractivity contribution in [1.82, 2.24) is 20.3 Å². The van der Waals surface area contributed by atoms with Gasteiger partial charge in [0.25, 0.3) is 5.91 Å². The van der Waals surface area contributed by atoms with Crippen molar-refractivity contribution in [3.63, 3.8) is 0 Å². The number of amides is 1. The van der Waals surface area contributed by atoms with Crippen LogP contribution < -0.4 is 15.4 Å². The number of halogens is 2. The van der Waals surface area contributed by atoms with Gasteiger partial charge in [-0.05, 0) is 48.9 Å². The second-order valence-corrected chi connectivity index (χ2v) is 7.09. The van der Waals surface area contributed by atoms with E-state index < -0.39 is 11.6 Å². The number of aromatic nitrogens is 3. The van der Waals surface area contributed by atoms with Gasteiger partial charge in [0, 0.05) is 42.2 Å². The zero-order valence-electron chi connectivity index (χ0n) is 17.5. The summed E-state index contributed by atoms with van der Waals surface area (Å²) in [5.74, 6) is 0.329. The van der Waals surface area contributed by atoms with Crippen LogP contribution in [0.3, 0.4) is 0 Å². The second kappa shape index (κ2) is 9.82. The SMILES string of the molecule is Cc1c(Oc2ccnc(Nc3ccncn3)c2)cccc1C(=O)NCc1cc(F)cc(F)c1. The lowest BCUT2D eigenvalue weighted by atomic mass is 10.1. The van der Waals surface area contributed by atoms with Crippen molar-refractivity contribution in [2.24, 2.45) is 0 Å². The highest BCUT2D eigenvalue weighted by molar-refractivity contribution is 5.96. The molecule has 33 heavy (non-hydrogen) atoms. The van der Waals surface area contributed by atoms with Crippen LogP contribution in [0.15, 0.2) is 73.3 Å². The molecule has 4 rings (SSSR count). The number of carbonyl (C=O) groups excluding carboxylic acids is 1. The van der Waals surface area contributed by atoms with Crippen molar-refractivity contribution in [2.75, 3.05) is 5.32 Å². The number of pyridine rings is 1. The van der Waals surface area contributed by atoms with E-state index in [9.17, 15) is 13.6 Å². The van der Waals surface area contributed by atoms with Crippen molar-refractivity contribution in [2.45, 2.75) is 13.5 Å². The van der Waals surface area contributed by atoms with Crippen molar-refractivity contribution in [3.8, 4) is 11.5 Å². The van der Waals surface area contributed by atoms with E-state index >= 15 is 0 Å². The molecule has 2 aromatic carbocycles. The summed E-state index contributed by atoms with van der Waals surface area (Å²) < 4.78 is 32.7. The highest BCUT2D eigenvalue weighted by Gasteiger charge is 2.14. The van der Waals surface area contributed by atoms with E-state index in [0.29, 0.717) is 39.8 Å². The average Bonchev–Trinajstić information content (AvgIpc) is 2.79. The Balaban J connectivity index is 1.47. The fourth-order valence-corrected chi connectivity index (χ4v) is 3.13. The standard InChI is InChI=1S/C24H19F2N5O2/c1-15-20(24(32)29-13-16-9-17(25)11-18(26)10-16)3-2-4-21(15)33-19-5-8-28-23(12-19)31-22-6-7-27-14-30-22/h2-12,14H,13H2,1H3,(H,29,32)(H,27,28,30,31). The maximum Gasteiger partial charge on any atom is 0.251 e. The molecule has 2 heterocycles. The molecule has 0 aliphatic carbocycles. The summed E-state index contributed by atoms with van der Waals surface area (Å²) in [7, 11) is 0. The molecular formula is C24H19F2N5O2. The Kier molecular flexibility index (Phi) is 6.49. The third kappa shape index (κ3) is 5.65. The van der Waals surface area contributed by atoms with Crippen LogP contribution in [0.2, 0.25) is 0 Å². The van der Waals surface area contributed by atoms with E-state index in [0.717, 1.165) is 6.07 Å². The smallest absolute Gasteiger partial charge is 0.251 e. The van der Waals surface area contributed by atoms with Crippen LogP contribution >= 0.6 is 0 Å². The summed E-state index contributed by atoms with van der Waals surface area (Å²) in [5.41, 5.74) is 1.33. The molecular weight excluding hydrogens is 428 g/mol. The minimum Gasteiger partial charge on any atom is -0.457 e. The molecule has 166 valence electrons. The van der Waals surface area contributed by atoms with Gasteiger partial charge in [-0.25, -0.2) is 23.7 Å². The first-order valence-electron chi connectivity index (χ1n) is 9.97. The van der Waals surface area contributed by atoms with Gasteiger partial charge >= 0.3 is 0 Å². The molecule has 2 aromatic heterocycles. The maximum absolute atomic E-state index is 13.4. The fraction of sp³-hybridized carbons (Fsp3) is 0.0833. The second-order valence-electron chi connectivity index (χ2n) is 7.09. The summed E-state index contributed by atoms with van der Waals surface area (Å²) >= 11 is 0. The quantitative estimate of drug-likeness (QED) is 0.418. The summed E-state index contributed by atoms with van der Waals surface area (Å²) in [6, 6.07) is 13.3. The van der Waals surface area contributed by atoms with E-state index in [4.69, 9.17) is 4.74 Å². The van der Waals surface area contributed by atoms with E-state index in [1.54, 1.807) is 55.7 Å². The largest absolute Gasteiger partial charge is 0.457 e. The molecule has 0 unspecified atom stereocenters. The van der Waals surface area contributed by atoms with E-state index in [1.807, 2.05) is 0 Å². The predicted octanol–water partition coefficient (Wildman–Crippen LogP) is 4.92. The van der Waals surface area contributed by atoms with Crippen LogP contribution in [0.4, 0.5) is 20.4 Å². The summed E-state index contributed by atoms with van der Waals surface area (Å²) in [4.78, 5) is 24.9. The molecule has 0 atom stereocenters. The molecule has 0 aliphatic rings. The van der Waals surface area contributed by atoms with Gasteiger partial charge in [-0.1, -0.05) is 6.07 Å². The van der Waals surface area contributed by atoms with E-state index in [1.165, 1.54) is 18.5 Å². The van der Waals surface area contributed by atoms with Crippen LogP contribution in [0.25, 0.3) is 0 Å². The Morgan fingerprint density at radius 1 is 0.970 bits per heavy atom. The number of nitrogens with one attached hydrogen (secondary N) is 2. The Morgan fingerprint density at radius 2 is 1.79 bits per heavy atom. The topological polar surface area (TPSA) is 89.0 Å². The summed E-state index contributed by atoms with van der Waals surface area (Å²) in [6.45, 7) is 1.74. The molecule has 7 nitrogen and oxygen atoms in total. The Bertz CT molecular complexity index is 1260. The van der Waals surface area contributed by atoms with E-state index in [-0.39, 0.29) is 12.5 Å². The fourth-order valence-electron chi connectivity index (χ4n) is 3.13. The monoisotopic (exact) mass is 447 g/mol.